The van der Waals surface area contributed by atoms with Gasteiger partial charge in [0.15, 0.2) is 11.5 Å². The molecule has 3 N–H and O–H groups in total. The molecule has 0 saturated heterocycles. The first-order valence-electron chi connectivity index (χ1n) is 13.7. The predicted octanol–water partition coefficient (Wildman–Crippen LogP) is 6.12. The Labute approximate surface area is 226 Å². The molecular weight excluding hydrogens is 504 g/mol. The molecule has 210 valence electrons. The highest BCUT2D eigenvalue weighted by Crippen LogP contribution is 2.75. The summed E-state index contributed by atoms with van der Waals surface area (Å²) in [5, 5.41) is 19.8. The van der Waals surface area contributed by atoms with E-state index < -0.39 is 31.6 Å². The Kier molecular flexibility index (Phi) is 5.79. The molecule has 0 aromatic heterocycles. The number of ether oxygens (including phenoxy) is 1. The average molecular weight is 547 g/mol. The molecule has 7 nitrogen and oxygen atoms in total. The Balaban J connectivity index is 1.72. The number of phenolic OH excluding ortho intramolecular Hbond substituents is 2. The van der Waals surface area contributed by atoms with E-state index in [1.165, 1.54) is 13.2 Å². The fourth-order valence-electron chi connectivity index (χ4n) is 9.36. The van der Waals surface area contributed by atoms with Gasteiger partial charge >= 0.3 is 5.97 Å². The number of fused-ring (bicyclic) bond motifs is 7. The van der Waals surface area contributed by atoms with Crippen molar-refractivity contribution in [3.8, 4) is 11.5 Å². The van der Waals surface area contributed by atoms with E-state index in [9.17, 15) is 28.0 Å². The fraction of sp³-hybridized carbons (Fsp3) is 0.700. The second-order valence-corrected chi connectivity index (χ2v) is 15.4. The quantitative estimate of drug-likeness (QED) is 0.177. The molecule has 7 atom stereocenters. The van der Waals surface area contributed by atoms with Crippen LogP contribution in [0.1, 0.15) is 102 Å². The molecule has 2 unspecified atom stereocenters. The molecule has 3 fully saturated rings. The molecule has 8 heteroatoms. The Hall–Kier alpha value is -2.06. The van der Waals surface area contributed by atoms with Crippen LogP contribution in [0.15, 0.2) is 17.7 Å². The third-order valence-electron chi connectivity index (χ3n) is 12.1. The van der Waals surface area contributed by atoms with Crippen LogP contribution < -0.4 is 0 Å². The van der Waals surface area contributed by atoms with Crippen molar-refractivity contribution in [3.05, 3.63) is 34.4 Å². The summed E-state index contributed by atoms with van der Waals surface area (Å²) in [5.41, 5.74) is 0.562. The van der Waals surface area contributed by atoms with Gasteiger partial charge in [-0.15, -0.1) is 0 Å². The number of carbonyl (C=O) groups is 1. The number of rotatable bonds is 2. The Morgan fingerprint density at radius 1 is 1.00 bits per heavy atom. The van der Waals surface area contributed by atoms with Crippen molar-refractivity contribution in [2.24, 2.45) is 27.6 Å². The van der Waals surface area contributed by atoms with Gasteiger partial charge in [0.05, 0.1) is 12.5 Å². The summed E-state index contributed by atoms with van der Waals surface area (Å²) in [6.07, 6.45) is 7.60. The van der Waals surface area contributed by atoms with Crippen molar-refractivity contribution in [2.75, 3.05) is 7.11 Å². The van der Waals surface area contributed by atoms with Gasteiger partial charge in [-0.25, -0.2) is 0 Å². The smallest absolute Gasteiger partial charge is 0.311 e. The van der Waals surface area contributed by atoms with Crippen molar-refractivity contribution < 1.29 is 32.7 Å². The van der Waals surface area contributed by atoms with Crippen molar-refractivity contribution in [3.63, 3.8) is 0 Å². The summed E-state index contributed by atoms with van der Waals surface area (Å²) in [7, 11) is -3.10. The highest BCUT2D eigenvalue weighted by atomic mass is 32.2. The molecule has 3 saturated carbocycles. The van der Waals surface area contributed by atoms with Crippen LogP contribution in [-0.4, -0.2) is 36.3 Å². The van der Waals surface area contributed by atoms with E-state index in [0.717, 1.165) is 50.5 Å². The summed E-state index contributed by atoms with van der Waals surface area (Å²) >= 11 is 0. The van der Waals surface area contributed by atoms with Gasteiger partial charge in [0, 0.05) is 5.41 Å². The van der Waals surface area contributed by atoms with Gasteiger partial charge < -0.3 is 14.9 Å². The third-order valence-corrected chi connectivity index (χ3v) is 13.1. The van der Waals surface area contributed by atoms with Crippen LogP contribution >= 0.6 is 0 Å². The van der Waals surface area contributed by atoms with E-state index in [4.69, 9.17) is 4.74 Å². The molecule has 0 heterocycles. The monoisotopic (exact) mass is 546 g/mol. The lowest BCUT2D eigenvalue weighted by molar-refractivity contribution is -0.179. The van der Waals surface area contributed by atoms with Crippen LogP contribution in [-0.2, 0) is 25.1 Å². The van der Waals surface area contributed by atoms with Crippen LogP contribution in [0, 0.1) is 34.5 Å². The molecular formula is C30H42O7S. The number of carbonyl (C=O) groups excluding carboxylic acids is 1. The van der Waals surface area contributed by atoms with E-state index in [0.29, 0.717) is 11.1 Å². The molecule has 1 aromatic rings. The summed E-state index contributed by atoms with van der Waals surface area (Å²) < 4.78 is 41.3. The average Bonchev–Trinajstić information content (AvgIpc) is 2.84. The summed E-state index contributed by atoms with van der Waals surface area (Å²) in [6, 6.07) is 1.50. The standard InChI is InChI=1S/C30H42O7S/c1-17-23-18(14-19(31)24(17)32)28(4)11-13-30(6)22-16-27(3,25(33)37-7)9-8-26(22,2)10-12-29(30,5)21(28)15-20(23)38(34,35)36/h14-15,20,22,31-32H,8-13,16H2,1-7H3,(H,34,35,36)/t20?,22?,26-,27-,28+,29-,30+/m1/s1. The van der Waals surface area contributed by atoms with E-state index in [1.54, 1.807) is 13.0 Å². The Morgan fingerprint density at radius 2 is 1.63 bits per heavy atom. The van der Waals surface area contributed by atoms with Gasteiger partial charge in [0.2, 0.25) is 0 Å². The highest BCUT2D eigenvalue weighted by Gasteiger charge is 2.67. The van der Waals surface area contributed by atoms with Crippen molar-refractivity contribution in [1.82, 2.24) is 0 Å². The molecule has 0 spiro atoms. The third kappa shape index (κ3) is 3.34. The summed E-state index contributed by atoms with van der Waals surface area (Å²) in [4.78, 5) is 12.9. The second kappa shape index (κ2) is 8.00. The number of esters is 1. The van der Waals surface area contributed by atoms with Crippen LogP contribution in [0.3, 0.4) is 0 Å². The summed E-state index contributed by atoms with van der Waals surface area (Å²) in [6.45, 7) is 12.6. The Bertz CT molecular complexity index is 1360. The predicted molar refractivity (Wildman–Crippen MR) is 144 cm³/mol. The zero-order valence-corrected chi connectivity index (χ0v) is 24.5. The first-order valence-corrected chi connectivity index (χ1v) is 15.2. The van der Waals surface area contributed by atoms with Crippen LogP contribution in [0.25, 0.3) is 0 Å². The van der Waals surface area contributed by atoms with Crippen LogP contribution in [0.4, 0.5) is 0 Å². The lowest BCUT2D eigenvalue weighted by atomic mass is 9.34. The van der Waals surface area contributed by atoms with Gasteiger partial charge in [-0.05, 0) is 104 Å². The molecule has 5 rings (SSSR count). The number of methoxy groups -OCH3 is 1. The van der Waals surface area contributed by atoms with Crippen LogP contribution in [0.5, 0.6) is 11.5 Å². The normalized spacial score (nSPS) is 42.2. The van der Waals surface area contributed by atoms with Crippen molar-refractivity contribution in [2.45, 2.75) is 97.2 Å². The SMILES string of the molecule is COC(=O)[C@]1(C)CC[C@]2(C)CC[C@]3(C)C4=CC(S(=O)(=O)O)c5c(cc(O)c(O)c5C)[C@]4(C)CC[C@@]3(C)C2C1. The largest absolute Gasteiger partial charge is 0.504 e. The topological polar surface area (TPSA) is 121 Å². The number of hydrogen-bond acceptors (Lipinski definition) is 6. The van der Waals surface area contributed by atoms with Gasteiger partial charge in [-0.2, -0.15) is 8.42 Å². The number of benzene rings is 1. The first-order chi connectivity index (χ1) is 17.4. The van der Waals surface area contributed by atoms with E-state index in [-0.39, 0.29) is 39.8 Å². The summed E-state index contributed by atoms with van der Waals surface area (Å²) in [5.74, 6) is -0.590. The minimum absolute atomic E-state index is 0.0613. The minimum atomic E-state index is -4.55. The van der Waals surface area contributed by atoms with Gasteiger partial charge in [0.1, 0.15) is 5.25 Å². The molecule has 38 heavy (non-hydrogen) atoms. The van der Waals surface area contributed by atoms with E-state index in [1.807, 2.05) is 6.92 Å². The lowest BCUT2D eigenvalue weighted by Crippen LogP contribution is -2.62. The minimum Gasteiger partial charge on any atom is -0.504 e. The molecule has 4 aliphatic rings. The number of phenols is 2. The van der Waals surface area contributed by atoms with Gasteiger partial charge in [-0.3, -0.25) is 9.35 Å². The highest BCUT2D eigenvalue weighted by molar-refractivity contribution is 7.86. The maximum absolute atomic E-state index is 12.9. The lowest BCUT2D eigenvalue weighted by Gasteiger charge is -2.70. The van der Waals surface area contributed by atoms with Crippen molar-refractivity contribution in [1.29, 1.82) is 0 Å². The van der Waals surface area contributed by atoms with Crippen LogP contribution in [0.2, 0.25) is 0 Å². The van der Waals surface area contributed by atoms with E-state index in [2.05, 4.69) is 27.7 Å². The Morgan fingerprint density at radius 3 is 2.24 bits per heavy atom. The van der Waals surface area contributed by atoms with Gasteiger partial charge in [0.25, 0.3) is 10.1 Å². The molecule has 0 amide bonds. The first kappa shape index (κ1) is 27.5. The van der Waals surface area contributed by atoms with Gasteiger partial charge in [-0.1, -0.05) is 39.3 Å². The number of allylic oxidation sites excluding steroid dienone is 1. The fourth-order valence-corrected chi connectivity index (χ4v) is 10.3. The van der Waals surface area contributed by atoms with E-state index >= 15 is 0 Å². The second-order valence-electron chi connectivity index (χ2n) is 13.9. The zero-order chi connectivity index (χ0) is 28.3. The molecule has 0 radical (unpaired) electrons. The number of aromatic hydroxyl groups is 2. The molecule has 0 aliphatic heterocycles. The molecule has 1 aromatic carbocycles. The molecule has 0 bridgehead atoms. The maximum atomic E-state index is 12.9. The van der Waals surface area contributed by atoms with Crippen molar-refractivity contribution >= 4 is 16.1 Å². The number of hydrogen-bond donors (Lipinski definition) is 3. The zero-order valence-electron chi connectivity index (χ0n) is 23.6. The maximum Gasteiger partial charge on any atom is 0.311 e. The molecule has 4 aliphatic carbocycles.